The molecule has 1 aliphatic heterocycles. The number of imidazole rings is 1. The summed E-state index contributed by atoms with van der Waals surface area (Å²) in [6.07, 6.45) is 6.49. The molecule has 0 aliphatic carbocycles. The number of hydrogen-bond donors (Lipinski definition) is 3. The van der Waals surface area contributed by atoms with E-state index in [4.69, 9.17) is 4.98 Å². The highest BCUT2D eigenvalue weighted by Gasteiger charge is 2.35. The molecule has 1 fully saturated rings. The van der Waals surface area contributed by atoms with Crippen LogP contribution in [0.15, 0.2) is 36.9 Å². The molecule has 6 heterocycles. The lowest BCUT2D eigenvalue weighted by Gasteiger charge is -2.32. The second kappa shape index (κ2) is 6.56. The number of pyridine rings is 2. The van der Waals surface area contributed by atoms with E-state index in [1.54, 1.807) is 24.8 Å². The van der Waals surface area contributed by atoms with Gasteiger partial charge in [0.05, 0.1) is 29.1 Å². The van der Waals surface area contributed by atoms with Crippen LogP contribution in [0, 0.1) is 0 Å². The summed E-state index contributed by atoms with van der Waals surface area (Å²) in [6, 6.07) is 3.75. The van der Waals surface area contributed by atoms with E-state index in [-0.39, 0.29) is 25.9 Å². The van der Waals surface area contributed by atoms with Crippen LogP contribution in [0.3, 0.4) is 0 Å². The first-order valence-corrected chi connectivity index (χ1v) is 9.89. The van der Waals surface area contributed by atoms with Gasteiger partial charge in [-0.05, 0) is 12.1 Å². The molecule has 11 heteroatoms. The number of aromatic nitrogens is 8. The largest absolute Gasteiger partial charge is 0.354 e. The fourth-order valence-electron chi connectivity index (χ4n) is 3.96. The Bertz CT molecular complexity index is 1380. The Labute approximate surface area is 173 Å². The van der Waals surface area contributed by atoms with Gasteiger partial charge in [0, 0.05) is 49.3 Å². The van der Waals surface area contributed by atoms with E-state index in [9.17, 15) is 8.78 Å². The maximum Gasteiger partial charge on any atom is 0.251 e. The molecule has 5 aromatic heterocycles. The van der Waals surface area contributed by atoms with Crippen LogP contribution in [0.25, 0.3) is 44.7 Å². The van der Waals surface area contributed by atoms with Crippen molar-refractivity contribution >= 4 is 27.8 Å². The molecule has 3 N–H and O–H groups in total. The fourth-order valence-corrected chi connectivity index (χ4v) is 3.96. The number of nitrogens with zero attached hydrogens (tertiary/aromatic N) is 6. The molecule has 0 bridgehead atoms. The van der Waals surface area contributed by atoms with Gasteiger partial charge in [0.1, 0.15) is 11.2 Å². The minimum Gasteiger partial charge on any atom is -0.354 e. The number of aromatic amines is 3. The summed E-state index contributed by atoms with van der Waals surface area (Å²) >= 11 is 0. The Balaban J connectivity index is 1.43. The zero-order valence-electron chi connectivity index (χ0n) is 16.2. The predicted molar refractivity (Wildman–Crippen MR) is 111 cm³/mol. The second-order valence-electron chi connectivity index (χ2n) is 7.63. The molecule has 0 amide bonds. The summed E-state index contributed by atoms with van der Waals surface area (Å²) < 4.78 is 27.2. The number of alkyl halides is 2. The molecule has 156 valence electrons. The van der Waals surface area contributed by atoms with Crippen molar-refractivity contribution in [2.24, 2.45) is 0 Å². The smallest absolute Gasteiger partial charge is 0.251 e. The lowest BCUT2D eigenvalue weighted by atomic mass is 10.1. The van der Waals surface area contributed by atoms with Crippen LogP contribution in [0.2, 0.25) is 0 Å². The van der Waals surface area contributed by atoms with Crippen LogP contribution < -0.4 is 4.90 Å². The zero-order chi connectivity index (χ0) is 21.0. The molecule has 0 atom stereocenters. The summed E-state index contributed by atoms with van der Waals surface area (Å²) in [5.74, 6) is -1.44. The Kier molecular flexibility index (Phi) is 3.79. The van der Waals surface area contributed by atoms with Crippen LogP contribution in [0.4, 0.5) is 14.6 Å². The van der Waals surface area contributed by atoms with Crippen molar-refractivity contribution in [3.8, 4) is 22.8 Å². The predicted octanol–water partition coefficient (Wildman–Crippen LogP) is 3.52. The first kappa shape index (κ1) is 17.9. The molecule has 1 aliphatic rings. The Morgan fingerprint density at radius 2 is 1.94 bits per heavy atom. The minimum atomic E-state index is -2.62. The Morgan fingerprint density at radius 1 is 1.06 bits per heavy atom. The van der Waals surface area contributed by atoms with Gasteiger partial charge >= 0.3 is 0 Å². The number of halogens is 2. The number of rotatable bonds is 3. The van der Waals surface area contributed by atoms with E-state index in [0.29, 0.717) is 22.9 Å². The van der Waals surface area contributed by atoms with E-state index in [1.807, 2.05) is 17.0 Å². The lowest BCUT2D eigenvalue weighted by Crippen LogP contribution is -2.39. The Morgan fingerprint density at radius 3 is 2.74 bits per heavy atom. The molecule has 0 saturated carbocycles. The van der Waals surface area contributed by atoms with Gasteiger partial charge < -0.3 is 9.88 Å². The normalized spacial score (nSPS) is 16.4. The van der Waals surface area contributed by atoms with Crippen LogP contribution in [-0.2, 0) is 0 Å². The first-order chi connectivity index (χ1) is 15.1. The van der Waals surface area contributed by atoms with Gasteiger partial charge in [-0.25, -0.2) is 18.7 Å². The molecule has 0 radical (unpaired) electrons. The van der Waals surface area contributed by atoms with Gasteiger partial charge in [-0.2, -0.15) is 10.2 Å². The number of fused-ring (bicyclic) bond motifs is 2. The summed E-state index contributed by atoms with van der Waals surface area (Å²) in [5, 5.41) is 15.0. The molecule has 6 rings (SSSR count). The average molecular weight is 421 g/mol. The van der Waals surface area contributed by atoms with Crippen molar-refractivity contribution in [3.05, 3.63) is 36.9 Å². The third-order valence-corrected chi connectivity index (χ3v) is 5.64. The number of hydrogen-bond acceptors (Lipinski definition) is 6. The molecular weight excluding hydrogens is 404 g/mol. The maximum atomic E-state index is 13.6. The summed E-state index contributed by atoms with van der Waals surface area (Å²) in [4.78, 5) is 18.8. The second-order valence-corrected chi connectivity index (χ2v) is 7.63. The topological polar surface area (TPSA) is 115 Å². The monoisotopic (exact) mass is 421 g/mol. The third kappa shape index (κ3) is 3.00. The molecule has 5 aromatic rings. The van der Waals surface area contributed by atoms with E-state index < -0.39 is 5.92 Å². The molecule has 0 aromatic carbocycles. The van der Waals surface area contributed by atoms with Crippen LogP contribution in [0.1, 0.15) is 12.8 Å². The zero-order valence-corrected chi connectivity index (χ0v) is 16.2. The number of H-pyrrole nitrogens is 3. The number of piperidine rings is 1. The van der Waals surface area contributed by atoms with Gasteiger partial charge in [-0.1, -0.05) is 0 Å². The van der Waals surface area contributed by atoms with Crippen LogP contribution in [0.5, 0.6) is 0 Å². The summed E-state index contributed by atoms with van der Waals surface area (Å²) in [5.41, 5.74) is 4.47. The average Bonchev–Trinajstić information content (AvgIpc) is 3.51. The molecule has 1 saturated heterocycles. The van der Waals surface area contributed by atoms with Crippen molar-refractivity contribution in [2.75, 3.05) is 18.0 Å². The van der Waals surface area contributed by atoms with Crippen molar-refractivity contribution in [1.29, 1.82) is 0 Å². The minimum absolute atomic E-state index is 0.184. The van der Waals surface area contributed by atoms with Crippen LogP contribution in [-0.4, -0.2) is 59.3 Å². The highest BCUT2D eigenvalue weighted by Crippen LogP contribution is 2.34. The lowest BCUT2D eigenvalue weighted by molar-refractivity contribution is -0.0221. The molecule has 31 heavy (non-hydrogen) atoms. The van der Waals surface area contributed by atoms with E-state index in [2.05, 4.69) is 35.3 Å². The highest BCUT2D eigenvalue weighted by atomic mass is 19.3. The van der Waals surface area contributed by atoms with Crippen LogP contribution >= 0.6 is 0 Å². The van der Waals surface area contributed by atoms with Crippen molar-refractivity contribution in [2.45, 2.75) is 18.8 Å². The van der Waals surface area contributed by atoms with Crippen molar-refractivity contribution in [3.63, 3.8) is 0 Å². The van der Waals surface area contributed by atoms with Gasteiger partial charge in [-0.3, -0.25) is 15.2 Å². The maximum absolute atomic E-state index is 13.6. The SMILES string of the molecule is FC1(F)CCN(c2nccc3[nH]c(-c4n[nH]c5cnc(-c6cn[nH]c6)cc45)nc23)CC1. The van der Waals surface area contributed by atoms with Crippen molar-refractivity contribution < 1.29 is 8.78 Å². The van der Waals surface area contributed by atoms with Gasteiger partial charge in [0.25, 0.3) is 5.92 Å². The number of anilines is 1. The first-order valence-electron chi connectivity index (χ1n) is 9.89. The molecule has 0 spiro atoms. The molecular formula is C20H17F2N9. The highest BCUT2D eigenvalue weighted by molar-refractivity contribution is 5.96. The molecule has 0 unspecified atom stereocenters. The molecule has 9 nitrogen and oxygen atoms in total. The van der Waals surface area contributed by atoms with Crippen molar-refractivity contribution in [1.82, 2.24) is 40.3 Å². The quantitative estimate of drug-likeness (QED) is 0.411. The Hall–Kier alpha value is -3.89. The number of nitrogens with one attached hydrogen (secondary N) is 3. The van der Waals surface area contributed by atoms with E-state index >= 15 is 0 Å². The van der Waals surface area contributed by atoms with Gasteiger partial charge in [0.15, 0.2) is 11.6 Å². The van der Waals surface area contributed by atoms with Gasteiger partial charge in [-0.15, -0.1) is 0 Å². The van der Waals surface area contributed by atoms with E-state index in [0.717, 1.165) is 27.7 Å². The van der Waals surface area contributed by atoms with E-state index in [1.165, 1.54) is 0 Å². The summed E-state index contributed by atoms with van der Waals surface area (Å²) in [6.45, 7) is 0.485. The van der Waals surface area contributed by atoms with Gasteiger partial charge in [0.2, 0.25) is 0 Å². The summed E-state index contributed by atoms with van der Waals surface area (Å²) in [7, 11) is 0. The fraction of sp³-hybridized carbons (Fsp3) is 0.250. The third-order valence-electron chi connectivity index (χ3n) is 5.64. The standard InChI is InChI=1S/C20H17F2N9/c21-20(22)2-5-31(6-3-20)19-17-13(1-4-23-19)27-18(28-17)16-12-7-14(11-8-25-26-9-11)24-10-15(12)29-30-16/h1,4,7-10H,2-3,5-6H2,(H,25,26)(H,27,28)(H,29,30).